The molecule has 0 atom stereocenters. The third kappa shape index (κ3) is 2.02. The van der Waals surface area contributed by atoms with Crippen LogP contribution in [-0.2, 0) is 0 Å². The average molecular weight is 236 g/mol. The average Bonchev–Trinajstić information content (AvgIpc) is 2.33. The van der Waals surface area contributed by atoms with E-state index in [0.29, 0.717) is 5.56 Å². The Morgan fingerprint density at radius 1 is 1.06 bits per heavy atom. The summed E-state index contributed by atoms with van der Waals surface area (Å²) in [7, 11) is 1.84. The Balaban J connectivity index is 2.46. The van der Waals surface area contributed by atoms with Crippen LogP contribution in [0.5, 0.6) is 0 Å². The Morgan fingerprint density at radius 2 is 1.75 bits per heavy atom. The molecule has 82 valence electrons. The number of benzene rings is 2. The molecule has 0 unspecified atom stereocenters. The summed E-state index contributed by atoms with van der Waals surface area (Å²) in [5.41, 5.74) is 2.33. The maximum atomic E-state index is 13.7. The first kappa shape index (κ1) is 11.0. The Morgan fingerprint density at radius 3 is 2.38 bits per heavy atom. The summed E-state index contributed by atoms with van der Waals surface area (Å²) in [4.78, 5) is 0. The summed E-state index contributed by atoms with van der Waals surface area (Å²) < 4.78 is 13.7. The van der Waals surface area contributed by atoms with Gasteiger partial charge in [0.25, 0.3) is 0 Å². The fraction of sp³-hybridized carbons (Fsp3) is 0.0769. The largest absolute Gasteiger partial charge is 0.388 e. The summed E-state index contributed by atoms with van der Waals surface area (Å²) in [6.45, 7) is 0. The van der Waals surface area contributed by atoms with Crippen LogP contribution in [0.2, 0.25) is 5.02 Å². The minimum atomic E-state index is -0.374. The highest BCUT2D eigenvalue weighted by Gasteiger charge is 2.07. The normalized spacial score (nSPS) is 10.2. The predicted molar refractivity (Wildman–Crippen MR) is 66.4 cm³/mol. The van der Waals surface area contributed by atoms with Gasteiger partial charge in [0, 0.05) is 18.3 Å². The van der Waals surface area contributed by atoms with Crippen LogP contribution in [-0.4, -0.2) is 7.05 Å². The van der Waals surface area contributed by atoms with Crippen molar-refractivity contribution in [2.75, 3.05) is 12.4 Å². The van der Waals surface area contributed by atoms with Crippen molar-refractivity contribution in [3.63, 3.8) is 0 Å². The van der Waals surface area contributed by atoms with Crippen molar-refractivity contribution in [1.29, 1.82) is 0 Å². The van der Waals surface area contributed by atoms with Gasteiger partial charge in [-0.1, -0.05) is 35.9 Å². The Labute approximate surface area is 98.9 Å². The lowest BCUT2D eigenvalue weighted by molar-refractivity contribution is 0.632. The maximum absolute atomic E-state index is 13.7. The number of nitrogens with one attached hydrogen (secondary N) is 1. The molecule has 0 saturated heterocycles. The van der Waals surface area contributed by atoms with Crippen molar-refractivity contribution in [2.45, 2.75) is 0 Å². The number of anilines is 1. The monoisotopic (exact) mass is 235 g/mol. The zero-order chi connectivity index (χ0) is 11.5. The second kappa shape index (κ2) is 4.54. The summed E-state index contributed by atoms with van der Waals surface area (Å²) in [5.74, 6) is -0.374. The van der Waals surface area contributed by atoms with Crippen LogP contribution in [0.1, 0.15) is 0 Å². The van der Waals surface area contributed by atoms with Gasteiger partial charge in [0.2, 0.25) is 0 Å². The Hall–Kier alpha value is -1.54. The van der Waals surface area contributed by atoms with E-state index >= 15 is 0 Å². The van der Waals surface area contributed by atoms with Crippen LogP contribution in [0.25, 0.3) is 11.1 Å². The van der Waals surface area contributed by atoms with Crippen molar-refractivity contribution >= 4 is 17.3 Å². The molecule has 0 saturated carbocycles. The molecule has 0 heterocycles. The first-order chi connectivity index (χ1) is 7.72. The topological polar surface area (TPSA) is 12.0 Å². The second-order valence-corrected chi connectivity index (χ2v) is 3.84. The van der Waals surface area contributed by atoms with Gasteiger partial charge < -0.3 is 5.32 Å². The molecule has 0 amide bonds. The molecule has 1 nitrogen and oxygen atoms in total. The first-order valence-corrected chi connectivity index (χ1v) is 5.32. The van der Waals surface area contributed by atoms with Crippen LogP contribution in [0.4, 0.5) is 10.1 Å². The van der Waals surface area contributed by atoms with Gasteiger partial charge >= 0.3 is 0 Å². The maximum Gasteiger partial charge on any atom is 0.149 e. The molecule has 0 aliphatic heterocycles. The van der Waals surface area contributed by atoms with Crippen LogP contribution in [0.3, 0.4) is 0 Å². The molecule has 0 spiro atoms. The fourth-order valence-electron chi connectivity index (χ4n) is 1.54. The van der Waals surface area contributed by atoms with Crippen molar-refractivity contribution in [3.05, 3.63) is 53.3 Å². The van der Waals surface area contributed by atoms with Gasteiger partial charge in [-0.15, -0.1) is 0 Å². The Kier molecular flexibility index (Phi) is 3.11. The van der Waals surface area contributed by atoms with Gasteiger partial charge in [0.05, 0.1) is 5.02 Å². The molecule has 3 heteroatoms. The van der Waals surface area contributed by atoms with Crippen molar-refractivity contribution in [2.24, 2.45) is 0 Å². The molecule has 16 heavy (non-hydrogen) atoms. The number of hydrogen-bond donors (Lipinski definition) is 1. The van der Waals surface area contributed by atoms with Gasteiger partial charge in [0.1, 0.15) is 5.82 Å². The Bertz CT molecular complexity index is 494. The molecule has 0 radical (unpaired) electrons. The minimum Gasteiger partial charge on any atom is -0.388 e. The van der Waals surface area contributed by atoms with Crippen molar-refractivity contribution in [3.8, 4) is 11.1 Å². The molecule has 2 rings (SSSR count). The summed E-state index contributed by atoms with van der Waals surface area (Å²) in [6.07, 6.45) is 0. The minimum absolute atomic E-state index is 0.148. The molecule has 0 aliphatic carbocycles. The van der Waals surface area contributed by atoms with Crippen LogP contribution < -0.4 is 5.32 Å². The smallest absolute Gasteiger partial charge is 0.149 e. The molecule has 0 aliphatic rings. The zero-order valence-electron chi connectivity index (χ0n) is 8.80. The lowest BCUT2D eigenvalue weighted by Crippen LogP contribution is -1.88. The van der Waals surface area contributed by atoms with Crippen molar-refractivity contribution < 1.29 is 4.39 Å². The lowest BCUT2D eigenvalue weighted by Gasteiger charge is -2.06. The van der Waals surface area contributed by atoms with Gasteiger partial charge in [0.15, 0.2) is 0 Å². The third-order valence-corrected chi connectivity index (χ3v) is 2.73. The van der Waals surface area contributed by atoms with Gasteiger partial charge in [-0.25, -0.2) is 4.39 Å². The first-order valence-electron chi connectivity index (χ1n) is 4.94. The van der Waals surface area contributed by atoms with Gasteiger partial charge in [-0.2, -0.15) is 0 Å². The van der Waals surface area contributed by atoms with E-state index in [1.54, 1.807) is 18.2 Å². The quantitative estimate of drug-likeness (QED) is 0.823. The van der Waals surface area contributed by atoms with Gasteiger partial charge in [-0.05, 0) is 23.8 Å². The molecule has 2 aromatic carbocycles. The van der Waals surface area contributed by atoms with E-state index in [4.69, 9.17) is 11.6 Å². The van der Waals surface area contributed by atoms with E-state index in [1.165, 1.54) is 0 Å². The fourth-order valence-corrected chi connectivity index (χ4v) is 1.72. The summed E-state index contributed by atoms with van der Waals surface area (Å²) in [6, 6.07) is 12.5. The predicted octanol–water partition coefficient (Wildman–Crippen LogP) is 4.19. The van der Waals surface area contributed by atoms with Gasteiger partial charge in [-0.3, -0.25) is 0 Å². The van der Waals surface area contributed by atoms with E-state index < -0.39 is 0 Å². The molecule has 1 N–H and O–H groups in total. The summed E-state index contributed by atoms with van der Waals surface area (Å²) in [5, 5.41) is 3.16. The molecule has 0 aromatic heterocycles. The summed E-state index contributed by atoms with van der Waals surface area (Å²) >= 11 is 5.73. The third-order valence-electron chi connectivity index (χ3n) is 2.44. The molecule has 0 fully saturated rings. The lowest BCUT2D eigenvalue weighted by atomic mass is 10.0. The molecule has 2 aromatic rings. The highest BCUT2D eigenvalue weighted by Crippen LogP contribution is 2.28. The number of halogens is 2. The van der Waals surface area contributed by atoms with Crippen LogP contribution in [0.15, 0.2) is 42.5 Å². The van der Waals surface area contributed by atoms with E-state index in [-0.39, 0.29) is 10.8 Å². The standard InChI is InChI=1S/C13H11ClFN/c1-16-10-7-5-9(6-8-10)11-3-2-4-12(14)13(11)15/h2-8,16H,1H3. The number of hydrogen-bond acceptors (Lipinski definition) is 1. The van der Waals surface area contributed by atoms with Crippen molar-refractivity contribution in [1.82, 2.24) is 0 Å². The second-order valence-electron chi connectivity index (χ2n) is 3.43. The molecular formula is C13H11ClFN. The van der Waals surface area contributed by atoms with E-state index in [1.807, 2.05) is 31.3 Å². The molecule has 0 bridgehead atoms. The van der Waals surface area contributed by atoms with E-state index in [0.717, 1.165) is 11.3 Å². The van der Waals surface area contributed by atoms with E-state index in [9.17, 15) is 4.39 Å². The van der Waals surface area contributed by atoms with E-state index in [2.05, 4.69) is 5.32 Å². The highest BCUT2D eigenvalue weighted by atomic mass is 35.5. The number of rotatable bonds is 2. The molecular weight excluding hydrogens is 225 g/mol. The SMILES string of the molecule is CNc1ccc(-c2cccc(Cl)c2F)cc1. The van der Waals surface area contributed by atoms with Crippen LogP contribution >= 0.6 is 11.6 Å². The highest BCUT2D eigenvalue weighted by molar-refractivity contribution is 6.31. The van der Waals surface area contributed by atoms with Crippen LogP contribution in [0, 0.1) is 5.82 Å². The zero-order valence-corrected chi connectivity index (χ0v) is 9.55.